The summed E-state index contributed by atoms with van der Waals surface area (Å²) in [4.78, 5) is 36.3. The fraction of sp³-hybridized carbons (Fsp3) is 0.870. The van der Waals surface area contributed by atoms with Gasteiger partial charge in [-0.15, -0.1) is 0 Å². The molecule has 0 radical (unpaired) electrons. The molecule has 4 aliphatic rings. The van der Waals surface area contributed by atoms with Crippen molar-refractivity contribution in [2.24, 2.45) is 40.4 Å². The van der Waals surface area contributed by atoms with Gasteiger partial charge in [-0.25, -0.2) is 0 Å². The highest BCUT2D eigenvalue weighted by Crippen LogP contribution is 2.67. The maximum absolute atomic E-state index is 13.0. The molecule has 0 aromatic heterocycles. The molecule has 4 fully saturated rings. The molecule has 4 aliphatic carbocycles. The summed E-state index contributed by atoms with van der Waals surface area (Å²) in [7, 11) is 0. The molecule has 0 N–H and O–H groups in total. The third-order valence-electron chi connectivity index (χ3n) is 9.33. The average molecular weight is 375 g/mol. The van der Waals surface area contributed by atoms with Crippen molar-refractivity contribution in [2.75, 3.05) is 6.61 Å². The van der Waals surface area contributed by atoms with E-state index in [0.717, 1.165) is 32.1 Å². The van der Waals surface area contributed by atoms with E-state index in [4.69, 9.17) is 4.74 Å². The van der Waals surface area contributed by atoms with Crippen molar-refractivity contribution in [1.82, 2.24) is 0 Å². The predicted octanol–water partition coefficient (Wildman–Crippen LogP) is 4.35. The molecule has 0 aromatic rings. The summed E-state index contributed by atoms with van der Waals surface area (Å²) in [5.41, 5.74) is -0.109. The summed E-state index contributed by atoms with van der Waals surface area (Å²) in [6.45, 7) is 6.58. The minimum atomic E-state index is -0.407. The minimum absolute atomic E-state index is 0.0542. The number of carbonyl (C=O) groups is 3. The number of fused-ring (bicyclic) bond motifs is 5. The van der Waals surface area contributed by atoms with Gasteiger partial charge >= 0.3 is 5.97 Å². The summed E-state index contributed by atoms with van der Waals surface area (Å²) in [6.07, 6.45) is 9.34. The molecule has 0 saturated heterocycles. The molecule has 0 heterocycles. The second kappa shape index (κ2) is 6.70. The van der Waals surface area contributed by atoms with E-state index in [1.807, 2.05) is 0 Å². The smallest absolute Gasteiger partial charge is 0.302 e. The highest BCUT2D eigenvalue weighted by molar-refractivity contribution is 6.39. The van der Waals surface area contributed by atoms with Crippen LogP contribution in [0.25, 0.3) is 0 Å². The number of hydrogen-bond donors (Lipinski definition) is 0. The zero-order valence-corrected chi connectivity index (χ0v) is 17.1. The molecule has 0 aromatic carbocycles. The van der Waals surface area contributed by atoms with Crippen LogP contribution in [0.2, 0.25) is 0 Å². The molecule has 0 bridgehead atoms. The molecule has 0 amide bonds. The van der Waals surface area contributed by atoms with Gasteiger partial charge in [-0.3, -0.25) is 14.4 Å². The van der Waals surface area contributed by atoms with Gasteiger partial charge in [-0.1, -0.05) is 13.8 Å². The molecule has 4 heteroatoms. The van der Waals surface area contributed by atoms with Gasteiger partial charge in [0.2, 0.25) is 5.78 Å². The Labute approximate surface area is 162 Å². The first kappa shape index (κ1) is 19.1. The molecule has 0 aliphatic heterocycles. The molecule has 0 spiro atoms. The highest BCUT2D eigenvalue weighted by atomic mass is 16.5. The summed E-state index contributed by atoms with van der Waals surface area (Å²) >= 11 is 0. The van der Waals surface area contributed by atoms with Gasteiger partial charge in [-0.2, -0.15) is 0 Å². The van der Waals surface area contributed by atoms with E-state index in [1.165, 1.54) is 26.2 Å². The average Bonchev–Trinajstić information content (AvgIpc) is 2.95. The Morgan fingerprint density at radius 1 is 1.04 bits per heavy atom. The molecule has 27 heavy (non-hydrogen) atoms. The Morgan fingerprint density at radius 2 is 1.81 bits per heavy atom. The maximum Gasteiger partial charge on any atom is 0.302 e. The Hall–Kier alpha value is -1.19. The molecular formula is C23H34O4. The molecule has 4 saturated carbocycles. The summed E-state index contributed by atoms with van der Waals surface area (Å²) < 4.78 is 5.23. The first-order chi connectivity index (χ1) is 12.8. The monoisotopic (exact) mass is 374 g/mol. The SMILES string of the molecule is CC(=O)OCC[C@H]1CC[C@H]2[C@@H]3CCC4CCC(=O)C(=O)[C@]4(C)[C@H]3CC[C@]12C. The number of esters is 1. The van der Waals surface area contributed by atoms with Gasteiger partial charge in [-0.05, 0) is 86.4 Å². The van der Waals surface area contributed by atoms with Crippen molar-refractivity contribution < 1.29 is 19.1 Å². The predicted molar refractivity (Wildman–Crippen MR) is 102 cm³/mol. The zero-order valence-electron chi connectivity index (χ0n) is 17.1. The van der Waals surface area contributed by atoms with Crippen LogP contribution in [-0.4, -0.2) is 24.1 Å². The van der Waals surface area contributed by atoms with Gasteiger partial charge in [0.25, 0.3) is 0 Å². The Morgan fingerprint density at radius 3 is 2.56 bits per heavy atom. The highest BCUT2D eigenvalue weighted by Gasteiger charge is 2.62. The molecule has 150 valence electrons. The molecule has 4 rings (SSSR count). The van der Waals surface area contributed by atoms with Crippen LogP contribution in [0.1, 0.15) is 78.6 Å². The second-order valence-electron chi connectivity index (χ2n) is 10.2. The molecule has 4 nitrogen and oxygen atoms in total. The summed E-state index contributed by atoms with van der Waals surface area (Å²) in [6, 6.07) is 0. The van der Waals surface area contributed by atoms with Crippen LogP contribution in [0.4, 0.5) is 0 Å². The third-order valence-corrected chi connectivity index (χ3v) is 9.33. The normalized spacial score (nSPS) is 46.4. The van der Waals surface area contributed by atoms with Crippen molar-refractivity contribution in [2.45, 2.75) is 78.6 Å². The Kier molecular flexibility index (Phi) is 4.75. The molecular weight excluding hydrogens is 340 g/mol. The van der Waals surface area contributed by atoms with E-state index in [2.05, 4.69) is 13.8 Å². The second-order valence-corrected chi connectivity index (χ2v) is 10.2. The zero-order chi connectivity index (χ0) is 19.4. The van der Waals surface area contributed by atoms with E-state index in [9.17, 15) is 14.4 Å². The molecule has 7 atom stereocenters. The van der Waals surface area contributed by atoms with E-state index < -0.39 is 5.41 Å². The van der Waals surface area contributed by atoms with Crippen molar-refractivity contribution in [3.63, 3.8) is 0 Å². The van der Waals surface area contributed by atoms with Crippen molar-refractivity contribution >= 4 is 17.5 Å². The van der Waals surface area contributed by atoms with Crippen LogP contribution in [-0.2, 0) is 19.1 Å². The number of ketones is 2. The lowest BCUT2D eigenvalue weighted by Gasteiger charge is -2.59. The number of carbonyl (C=O) groups excluding carboxylic acids is 3. The van der Waals surface area contributed by atoms with Crippen LogP contribution in [0.15, 0.2) is 0 Å². The largest absolute Gasteiger partial charge is 0.466 e. The first-order valence-electron chi connectivity index (χ1n) is 11.0. The van der Waals surface area contributed by atoms with Gasteiger partial charge in [0, 0.05) is 18.8 Å². The lowest BCUT2D eigenvalue weighted by molar-refractivity contribution is -0.163. The van der Waals surface area contributed by atoms with Crippen molar-refractivity contribution in [1.29, 1.82) is 0 Å². The number of Topliss-reactive ketones (excluding diaryl/α,β-unsaturated/α-hetero) is 2. The number of hydrogen-bond acceptors (Lipinski definition) is 4. The van der Waals surface area contributed by atoms with Gasteiger partial charge in [0.1, 0.15) is 0 Å². The van der Waals surface area contributed by atoms with E-state index in [-0.39, 0.29) is 17.5 Å². The van der Waals surface area contributed by atoms with Gasteiger partial charge in [0.05, 0.1) is 6.61 Å². The van der Waals surface area contributed by atoms with Crippen molar-refractivity contribution in [3.8, 4) is 0 Å². The van der Waals surface area contributed by atoms with Gasteiger partial charge < -0.3 is 4.74 Å². The fourth-order valence-corrected chi connectivity index (χ4v) is 7.88. The lowest BCUT2D eigenvalue weighted by atomic mass is 9.44. The fourth-order valence-electron chi connectivity index (χ4n) is 7.88. The van der Waals surface area contributed by atoms with E-state index >= 15 is 0 Å². The lowest BCUT2D eigenvalue weighted by Crippen LogP contribution is -2.58. The van der Waals surface area contributed by atoms with Crippen LogP contribution in [0.5, 0.6) is 0 Å². The minimum Gasteiger partial charge on any atom is -0.466 e. The van der Waals surface area contributed by atoms with E-state index in [0.29, 0.717) is 48.0 Å². The van der Waals surface area contributed by atoms with Crippen LogP contribution in [0.3, 0.4) is 0 Å². The van der Waals surface area contributed by atoms with Crippen LogP contribution >= 0.6 is 0 Å². The first-order valence-corrected chi connectivity index (χ1v) is 11.0. The maximum atomic E-state index is 13.0. The molecule has 1 unspecified atom stereocenters. The summed E-state index contributed by atoms with van der Waals surface area (Å²) in [5, 5.41) is 0. The van der Waals surface area contributed by atoms with E-state index in [1.54, 1.807) is 0 Å². The number of ether oxygens (including phenoxy) is 1. The third kappa shape index (κ3) is 2.81. The Balaban J connectivity index is 1.54. The standard InChI is InChI=1S/C23H34O4/c1-14(24)27-13-11-15-5-8-18-17-7-4-16-6-9-20(25)21(26)23(16,3)19(17)10-12-22(15,18)2/h15-19H,4-13H2,1-3H3/t15-,16?,17+,18+,19+,22-,23+/m1/s1. The topological polar surface area (TPSA) is 60.4 Å². The number of rotatable bonds is 3. The van der Waals surface area contributed by atoms with Crippen LogP contribution < -0.4 is 0 Å². The Bertz CT molecular complexity index is 655. The van der Waals surface area contributed by atoms with Gasteiger partial charge in [0.15, 0.2) is 5.78 Å². The quantitative estimate of drug-likeness (QED) is 0.544. The summed E-state index contributed by atoms with van der Waals surface area (Å²) in [5.74, 6) is 2.28. The van der Waals surface area contributed by atoms with Crippen LogP contribution in [0, 0.1) is 40.4 Å². The van der Waals surface area contributed by atoms with Crippen molar-refractivity contribution in [3.05, 3.63) is 0 Å².